The zero-order valence-electron chi connectivity index (χ0n) is 8.01. The van der Waals surface area contributed by atoms with Crippen LogP contribution in [0.1, 0.15) is 13.8 Å². The zero-order chi connectivity index (χ0) is 10.3. The molecule has 0 bridgehead atoms. The number of nitro groups is 1. The van der Waals surface area contributed by atoms with E-state index in [1.165, 1.54) is 6.20 Å². The van der Waals surface area contributed by atoms with Gasteiger partial charge >= 0.3 is 11.8 Å². The first-order valence-electron chi connectivity index (χ1n) is 4.46. The van der Waals surface area contributed by atoms with Gasteiger partial charge in [-0.1, -0.05) is 13.8 Å². The zero-order valence-corrected chi connectivity index (χ0v) is 8.01. The maximum Gasteiger partial charge on any atom is 0.414 e. The first kappa shape index (κ1) is 8.98. The van der Waals surface area contributed by atoms with Gasteiger partial charge in [-0.15, -0.1) is 0 Å². The summed E-state index contributed by atoms with van der Waals surface area (Å²) in [5.41, 5.74) is 0. The number of fused-ring (bicyclic) bond motifs is 1. The number of nitrogens with zero attached hydrogens (tertiary/aromatic N) is 3. The minimum absolute atomic E-state index is 0.0818. The van der Waals surface area contributed by atoms with Gasteiger partial charge < -0.3 is 14.9 Å². The molecule has 0 spiro atoms. The van der Waals surface area contributed by atoms with Crippen molar-refractivity contribution in [1.82, 2.24) is 9.55 Å². The number of aromatic nitrogens is 2. The number of rotatable bonds is 2. The second kappa shape index (κ2) is 2.97. The lowest BCUT2D eigenvalue weighted by atomic mass is 10.1. The minimum atomic E-state index is -0.515. The monoisotopic (exact) mass is 197 g/mol. The standard InChI is InChI=1S/C8H11N3O3/c1-5(2)6-3-10-4-7(11(12)13)9-8(10)14-6/h4-6H,3H2,1-2H3. The Morgan fingerprint density at radius 2 is 2.50 bits per heavy atom. The van der Waals surface area contributed by atoms with Gasteiger partial charge in [0.25, 0.3) is 0 Å². The van der Waals surface area contributed by atoms with Crippen LogP contribution in [0, 0.1) is 16.0 Å². The van der Waals surface area contributed by atoms with Crippen LogP contribution in [-0.4, -0.2) is 20.6 Å². The van der Waals surface area contributed by atoms with E-state index < -0.39 is 4.92 Å². The summed E-state index contributed by atoms with van der Waals surface area (Å²) in [6.07, 6.45) is 1.50. The molecule has 1 aromatic heterocycles. The SMILES string of the molecule is CC(C)C1Cn2cc([N+](=O)[O-])nc2O1. The van der Waals surface area contributed by atoms with Gasteiger partial charge in [0.15, 0.2) is 0 Å². The Morgan fingerprint density at radius 1 is 1.79 bits per heavy atom. The topological polar surface area (TPSA) is 70.2 Å². The van der Waals surface area contributed by atoms with Crippen LogP contribution in [0.4, 0.5) is 5.82 Å². The van der Waals surface area contributed by atoms with Crippen LogP contribution in [0.2, 0.25) is 0 Å². The highest BCUT2D eigenvalue weighted by atomic mass is 16.6. The Labute approximate surface area is 80.7 Å². The van der Waals surface area contributed by atoms with Gasteiger partial charge in [-0.3, -0.25) is 4.57 Å². The van der Waals surface area contributed by atoms with E-state index in [2.05, 4.69) is 4.98 Å². The van der Waals surface area contributed by atoms with Gasteiger partial charge in [0.2, 0.25) is 0 Å². The maximum atomic E-state index is 10.4. The Balaban J connectivity index is 2.20. The highest BCUT2D eigenvalue weighted by Crippen LogP contribution is 2.27. The van der Waals surface area contributed by atoms with Crippen LogP contribution < -0.4 is 4.74 Å². The third-order valence-corrected chi connectivity index (χ3v) is 2.29. The van der Waals surface area contributed by atoms with Gasteiger partial charge in [-0.05, 0) is 10.8 Å². The van der Waals surface area contributed by atoms with Gasteiger partial charge in [0.1, 0.15) is 12.3 Å². The van der Waals surface area contributed by atoms with Crippen molar-refractivity contribution in [2.24, 2.45) is 5.92 Å². The molecule has 1 atom stereocenters. The highest BCUT2D eigenvalue weighted by Gasteiger charge is 2.32. The van der Waals surface area contributed by atoms with Crippen LogP contribution in [0.15, 0.2) is 6.20 Å². The first-order chi connectivity index (χ1) is 6.58. The van der Waals surface area contributed by atoms with Crippen molar-refractivity contribution in [1.29, 1.82) is 0 Å². The fourth-order valence-electron chi connectivity index (χ4n) is 1.41. The predicted molar refractivity (Wildman–Crippen MR) is 48.1 cm³/mol. The summed E-state index contributed by atoms with van der Waals surface area (Å²) in [6.45, 7) is 4.74. The molecular formula is C8H11N3O3. The number of hydrogen-bond acceptors (Lipinski definition) is 4. The van der Waals surface area contributed by atoms with E-state index in [1.807, 2.05) is 13.8 Å². The van der Waals surface area contributed by atoms with Crippen LogP contribution in [0.25, 0.3) is 0 Å². The molecule has 76 valence electrons. The van der Waals surface area contributed by atoms with E-state index in [-0.39, 0.29) is 11.9 Å². The highest BCUT2D eigenvalue weighted by molar-refractivity contribution is 5.22. The normalized spacial score (nSPS) is 19.5. The Morgan fingerprint density at radius 3 is 3.00 bits per heavy atom. The second-order valence-corrected chi connectivity index (χ2v) is 3.69. The third-order valence-electron chi connectivity index (χ3n) is 2.29. The van der Waals surface area contributed by atoms with E-state index in [9.17, 15) is 10.1 Å². The number of imidazole rings is 1. The second-order valence-electron chi connectivity index (χ2n) is 3.69. The van der Waals surface area contributed by atoms with E-state index in [0.29, 0.717) is 18.5 Å². The van der Waals surface area contributed by atoms with Crippen LogP contribution >= 0.6 is 0 Å². The minimum Gasteiger partial charge on any atom is -0.440 e. The summed E-state index contributed by atoms with van der Waals surface area (Å²) in [5, 5.41) is 10.4. The first-order valence-corrected chi connectivity index (χ1v) is 4.46. The van der Waals surface area contributed by atoms with Crippen LogP contribution in [0.5, 0.6) is 6.01 Å². The molecule has 0 amide bonds. The predicted octanol–water partition coefficient (Wildman–Crippen LogP) is 1.21. The summed E-state index contributed by atoms with van der Waals surface area (Å²) in [6, 6.07) is 0.357. The summed E-state index contributed by atoms with van der Waals surface area (Å²) < 4.78 is 7.13. The molecule has 2 rings (SSSR count). The molecule has 2 heterocycles. The Hall–Kier alpha value is -1.59. The lowest BCUT2D eigenvalue weighted by Crippen LogP contribution is -2.21. The van der Waals surface area contributed by atoms with E-state index in [0.717, 1.165) is 0 Å². The van der Waals surface area contributed by atoms with Crippen LogP contribution in [-0.2, 0) is 6.54 Å². The molecule has 0 N–H and O–H groups in total. The van der Waals surface area contributed by atoms with Crippen molar-refractivity contribution in [3.05, 3.63) is 16.3 Å². The molecule has 1 unspecified atom stereocenters. The molecule has 0 radical (unpaired) electrons. The van der Waals surface area contributed by atoms with Crippen molar-refractivity contribution in [3.63, 3.8) is 0 Å². The molecular weight excluding hydrogens is 186 g/mol. The molecule has 0 fully saturated rings. The lowest BCUT2D eigenvalue weighted by molar-refractivity contribution is -0.389. The summed E-state index contributed by atoms with van der Waals surface area (Å²) in [4.78, 5) is 13.6. The van der Waals surface area contributed by atoms with Crippen molar-refractivity contribution in [3.8, 4) is 6.01 Å². The van der Waals surface area contributed by atoms with E-state index >= 15 is 0 Å². The average molecular weight is 197 g/mol. The molecule has 0 aromatic carbocycles. The van der Waals surface area contributed by atoms with Crippen molar-refractivity contribution >= 4 is 5.82 Å². The van der Waals surface area contributed by atoms with Gasteiger partial charge in [0.05, 0.1) is 6.54 Å². The molecule has 6 heteroatoms. The maximum absolute atomic E-state index is 10.4. The van der Waals surface area contributed by atoms with Crippen molar-refractivity contribution in [2.75, 3.05) is 0 Å². The van der Waals surface area contributed by atoms with Crippen molar-refractivity contribution in [2.45, 2.75) is 26.5 Å². The molecule has 1 aliphatic heterocycles. The number of ether oxygens (including phenoxy) is 1. The van der Waals surface area contributed by atoms with Gasteiger partial charge in [0, 0.05) is 4.98 Å². The molecule has 1 aromatic rings. The lowest BCUT2D eigenvalue weighted by Gasteiger charge is -2.11. The Bertz CT molecular complexity index is 348. The van der Waals surface area contributed by atoms with Crippen molar-refractivity contribution < 1.29 is 9.66 Å². The molecule has 6 nitrogen and oxygen atoms in total. The summed E-state index contributed by atoms with van der Waals surface area (Å²) in [5.74, 6) is 0.234. The fraction of sp³-hybridized carbons (Fsp3) is 0.625. The van der Waals surface area contributed by atoms with E-state index in [4.69, 9.17) is 4.74 Å². The molecule has 14 heavy (non-hydrogen) atoms. The summed E-state index contributed by atoms with van der Waals surface area (Å²) >= 11 is 0. The largest absolute Gasteiger partial charge is 0.440 e. The quantitative estimate of drug-likeness (QED) is 0.527. The fourth-order valence-corrected chi connectivity index (χ4v) is 1.41. The van der Waals surface area contributed by atoms with Gasteiger partial charge in [-0.25, -0.2) is 0 Å². The summed E-state index contributed by atoms with van der Waals surface area (Å²) in [7, 11) is 0. The molecule has 0 saturated carbocycles. The number of hydrogen-bond donors (Lipinski definition) is 0. The molecule has 1 aliphatic rings. The molecule has 0 saturated heterocycles. The van der Waals surface area contributed by atoms with E-state index in [1.54, 1.807) is 4.57 Å². The van der Waals surface area contributed by atoms with Gasteiger partial charge in [-0.2, -0.15) is 0 Å². The molecule has 0 aliphatic carbocycles. The third kappa shape index (κ3) is 1.32. The average Bonchev–Trinajstić information content (AvgIpc) is 2.57. The Kier molecular flexibility index (Phi) is 1.90. The smallest absolute Gasteiger partial charge is 0.414 e. The van der Waals surface area contributed by atoms with Crippen LogP contribution in [0.3, 0.4) is 0 Å².